The minimum absolute atomic E-state index is 0.0348. The van der Waals surface area contributed by atoms with Crippen LogP contribution in [0.4, 0.5) is 0 Å². The van der Waals surface area contributed by atoms with E-state index in [1.54, 1.807) is 0 Å². The van der Waals surface area contributed by atoms with Gasteiger partial charge in [0, 0.05) is 16.9 Å². The molecule has 1 fully saturated rings. The second kappa shape index (κ2) is 5.09. The first-order valence-corrected chi connectivity index (χ1v) is 10.8. The number of H-pyrrole nitrogens is 1. The lowest BCUT2D eigenvalue weighted by atomic mass is 10.1. The van der Waals surface area contributed by atoms with Crippen molar-refractivity contribution in [1.29, 1.82) is 0 Å². The van der Waals surface area contributed by atoms with Gasteiger partial charge in [0.25, 0.3) is 5.91 Å². The van der Waals surface area contributed by atoms with Gasteiger partial charge in [0.1, 0.15) is 5.69 Å². The number of carbonyl (C=O) groups is 1. The molecule has 1 saturated heterocycles. The Balaban J connectivity index is 1.67. The number of rotatable bonds is 2. The number of para-hydroxylation sites is 1. The Morgan fingerprint density at radius 1 is 1.25 bits per heavy atom. The molecule has 1 aromatic heterocycles. The van der Waals surface area contributed by atoms with Gasteiger partial charge >= 0.3 is 0 Å². The van der Waals surface area contributed by atoms with Crippen molar-refractivity contribution in [2.45, 2.75) is 44.1 Å². The molecule has 0 spiro atoms. The molecule has 0 radical (unpaired) electrons. The minimum atomic E-state index is -0.948. The predicted molar refractivity (Wildman–Crippen MR) is 85.9 cm³/mol. The first kappa shape index (κ1) is 13.4. The maximum absolute atomic E-state index is 12.3. The van der Waals surface area contributed by atoms with Crippen molar-refractivity contribution in [3.05, 3.63) is 36.0 Å². The summed E-state index contributed by atoms with van der Waals surface area (Å²) in [5, 5.41) is 4.28. The van der Waals surface area contributed by atoms with E-state index >= 15 is 0 Å². The number of amides is 1. The van der Waals surface area contributed by atoms with Gasteiger partial charge in [0.05, 0.1) is 0 Å². The molecule has 107 valence electrons. The van der Waals surface area contributed by atoms with E-state index in [9.17, 15) is 4.79 Å². The van der Waals surface area contributed by atoms with Crippen LogP contribution < -0.4 is 5.32 Å². The molecule has 1 aliphatic rings. The van der Waals surface area contributed by atoms with Gasteiger partial charge in [-0.3, -0.25) is 4.79 Å². The van der Waals surface area contributed by atoms with Crippen LogP contribution >= 0.6 is 0 Å². The fraction of sp³-hybridized carbons (Fsp3) is 0.438. The van der Waals surface area contributed by atoms with Crippen molar-refractivity contribution >= 4 is 24.9 Å². The summed E-state index contributed by atoms with van der Waals surface area (Å²) in [6.45, 7) is 4.89. The summed E-state index contributed by atoms with van der Waals surface area (Å²) in [5.74, 6) is 0.0348. The summed E-state index contributed by atoms with van der Waals surface area (Å²) < 4.78 is 0. The number of benzene rings is 1. The SMILES string of the molecule is C[Si-]1(C)CCC(NC(=O)c2cc3ccccc3[nH]2)CC1. The van der Waals surface area contributed by atoms with Crippen molar-refractivity contribution in [2.24, 2.45) is 0 Å². The van der Waals surface area contributed by atoms with Gasteiger partial charge in [-0.15, -0.1) is 8.07 Å². The van der Waals surface area contributed by atoms with Gasteiger partial charge in [-0.2, -0.15) is 25.2 Å². The Hall–Kier alpha value is -1.55. The van der Waals surface area contributed by atoms with E-state index in [1.807, 2.05) is 30.3 Å². The summed E-state index contributed by atoms with van der Waals surface area (Å²) in [7, 11) is -0.948. The molecule has 4 heteroatoms. The van der Waals surface area contributed by atoms with Crippen LogP contribution in [0.25, 0.3) is 10.9 Å². The summed E-state index contributed by atoms with van der Waals surface area (Å²) in [6, 6.07) is 12.9. The zero-order valence-corrected chi connectivity index (χ0v) is 13.2. The number of aromatic amines is 1. The Bertz CT molecular complexity index is 589. The number of hydrogen-bond donors (Lipinski definition) is 2. The average Bonchev–Trinajstić information content (AvgIpc) is 2.85. The Kier molecular flexibility index (Phi) is 3.42. The van der Waals surface area contributed by atoms with Gasteiger partial charge in [-0.1, -0.05) is 31.0 Å². The largest absolute Gasteiger partial charge is 0.351 e. The molecular formula is C16H22N2OSi-. The van der Waals surface area contributed by atoms with E-state index < -0.39 is 8.07 Å². The maximum Gasteiger partial charge on any atom is 0.267 e. The number of carbonyl (C=O) groups excluding carboxylic acids is 1. The maximum atomic E-state index is 12.3. The summed E-state index contributed by atoms with van der Waals surface area (Å²) in [4.78, 5) is 15.5. The van der Waals surface area contributed by atoms with Crippen LogP contribution in [0.3, 0.4) is 0 Å². The number of hydrogen-bond acceptors (Lipinski definition) is 1. The third kappa shape index (κ3) is 2.80. The Morgan fingerprint density at radius 3 is 2.65 bits per heavy atom. The quantitative estimate of drug-likeness (QED) is 0.811. The zero-order chi connectivity index (χ0) is 14.2. The lowest BCUT2D eigenvalue weighted by Gasteiger charge is -2.41. The second-order valence-corrected chi connectivity index (χ2v) is 12.0. The van der Waals surface area contributed by atoms with Crippen molar-refractivity contribution in [1.82, 2.24) is 10.3 Å². The molecule has 0 saturated carbocycles. The van der Waals surface area contributed by atoms with Crippen molar-refractivity contribution in [2.75, 3.05) is 0 Å². The van der Waals surface area contributed by atoms with Gasteiger partial charge in [0.2, 0.25) is 0 Å². The zero-order valence-electron chi connectivity index (χ0n) is 12.2. The summed E-state index contributed by atoms with van der Waals surface area (Å²) in [5.41, 5.74) is 1.70. The number of aromatic nitrogens is 1. The molecule has 1 aromatic carbocycles. The molecular weight excluding hydrogens is 264 g/mol. The van der Waals surface area contributed by atoms with E-state index in [4.69, 9.17) is 0 Å². The normalized spacial score (nSPS) is 19.1. The van der Waals surface area contributed by atoms with Gasteiger partial charge in [-0.25, -0.2) is 0 Å². The molecule has 20 heavy (non-hydrogen) atoms. The smallest absolute Gasteiger partial charge is 0.267 e. The fourth-order valence-corrected chi connectivity index (χ4v) is 5.51. The average molecular weight is 286 g/mol. The van der Waals surface area contributed by atoms with E-state index in [1.165, 1.54) is 12.1 Å². The van der Waals surface area contributed by atoms with Crippen molar-refractivity contribution in [3.63, 3.8) is 0 Å². The second-order valence-electron chi connectivity index (χ2n) is 6.68. The van der Waals surface area contributed by atoms with Crippen LogP contribution in [0.15, 0.2) is 30.3 Å². The highest BCUT2D eigenvalue weighted by Crippen LogP contribution is 2.28. The highest BCUT2D eigenvalue weighted by Gasteiger charge is 2.22. The molecule has 2 aromatic rings. The molecule has 3 rings (SSSR count). The molecule has 0 atom stereocenters. The molecule has 0 unspecified atom stereocenters. The third-order valence-corrected chi connectivity index (χ3v) is 7.73. The highest BCUT2D eigenvalue weighted by molar-refractivity contribution is 6.77. The molecule has 2 heterocycles. The first-order valence-electron chi connectivity index (χ1n) is 7.42. The van der Waals surface area contributed by atoms with E-state index in [2.05, 4.69) is 23.4 Å². The molecule has 0 bridgehead atoms. The fourth-order valence-electron chi connectivity index (χ4n) is 3.00. The summed E-state index contributed by atoms with van der Waals surface area (Å²) >= 11 is 0. The number of nitrogens with one attached hydrogen (secondary N) is 2. The molecule has 1 aliphatic heterocycles. The topological polar surface area (TPSA) is 44.9 Å². The van der Waals surface area contributed by atoms with Crippen molar-refractivity contribution < 1.29 is 4.79 Å². The molecule has 1 amide bonds. The Morgan fingerprint density at radius 2 is 1.95 bits per heavy atom. The number of fused-ring (bicyclic) bond motifs is 1. The predicted octanol–water partition coefficient (Wildman–Crippen LogP) is 3.77. The Labute approximate surface area is 120 Å². The van der Waals surface area contributed by atoms with Crippen LogP contribution in [0.2, 0.25) is 25.2 Å². The van der Waals surface area contributed by atoms with Gasteiger partial charge in [-0.05, 0) is 12.1 Å². The first-order chi connectivity index (χ1) is 9.53. The standard InChI is InChI=1S/C16H22N2OSi/c1-20(2)9-7-13(8-10-20)17-16(19)15-11-12-5-3-4-6-14(12)18-15/h3-6,11,13,18H,7-10H2,1-2H3,(H,17,19)/q-1. The molecule has 2 N–H and O–H groups in total. The van der Waals surface area contributed by atoms with Gasteiger partial charge in [0.15, 0.2) is 0 Å². The highest BCUT2D eigenvalue weighted by atomic mass is 28.3. The van der Waals surface area contributed by atoms with Crippen LogP contribution in [0.1, 0.15) is 23.3 Å². The lowest BCUT2D eigenvalue weighted by Crippen LogP contribution is -2.42. The molecule has 0 aliphatic carbocycles. The van der Waals surface area contributed by atoms with E-state index in [0.29, 0.717) is 11.7 Å². The molecule has 3 nitrogen and oxygen atoms in total. The van der Waals surface area contributed by atoms with Crippen LogP contribution in [-0.2, 0) is 0 Å². The monoisotopic (exact) mass is 286 g/mol. The van der Waals surface area contributed by atoms with Crippen LogP contribution in [0.5, 0.6) is 0 Å². The van der Waals surface area contributed by atoms with Crippen LogP contribution in [-0.4, -0.2) is 25.0 Å². The summed E-state index contributed by atoms with van der Waals surface area (Å²) in [6.07, 6.45) is 2.29. The third-order valence-electron chi connectivity index (χ3n) is 4.45. The van der Waals surface area contributed by atoms with Crippen molar-refractivity contribution in [3.8, 4) is 0 Å². The van der Waals surface area contributed by atoms with E-state index in [0.717, 1.165) is 23.7 Å². The van der Waals surface area contributed by atoms with Crippen LogP contribution in [0, 0.1) is 0 Å². The lowest BCUT2D eigenvalue weighted by molar-refractivity contribution is 0.0929. The van der Waals surface area contributed by atoms with Gasteiger partial charge < -0.3 is 10.3 Å². The van der Waals surface area contributed by atoms with E-state index in [-0.39, 0.29) is 5.91 Å². The minimum Gasteiger partial charge on any atom is -0.351 e.